The van der Waals surface area contributed by atoms with E-state index in [9.17, 15) is 9.18 Å². The lowest BCUT2D eigenvalue weighted by Crippen LogP contribution is -2.10. The first kappa shape index (κ1) is 23.0. The van der Waals surface area contributed by atoms with Gasteiger partial charge in [0.05, 0.1) is 20.6 Å². The minimum atomic E-state index is -0.762. The third-order valence-corrected chi connectivity index (χ3v) is 6.17. The number of aliphatic carboxylic acids is 1. The van der Waals surface area contributed by atoms with Crippen LogP contribution in [0.15, 0.2) is 36.4 Å². The number of carbonyl (C=O) groups is 1. The van der Waals surface area contributed by atoms with Crippen molar-refractivity contribution >= 4 is 5.97 Å². The second kappa shape index (κ2) is 11.1. The second-order valence-corrected chi connectivity index (χ2v) is 8.37. The zero-order valence-electron chi connectivity index (χ0n) is 18.4. The van der Waals surface area contributed by atoms with Crippen LogP contribution in [0.3, 0.4) is 0 Å². The number of hydrogen-bond donors (Lipinski definition) is 1. The Hall–Kier alpha value is -2.63. The molecule has 0 aliphatic heterocycles. The third kappa shape index (κ3) is 6.68. The van der Waals surface area contributed by atoms with Crippen molar-refractivity contribution in [3.05, 3.63) is 53.5 Å². The molecule has 0 amide bonds. The normalized spacial score (nSPS) is 17.3. The number of hydrogen-bond acceptors (Lipinski definition) is 4. The SMILES string of the molecule is COc1ccc(F)c(C2CCCCC2)c1.COc1cccc(C(CC(=O)O)C2CC2)n1. The number of nitrogens with zero attached hydrogens (tertiary/aromatic N) is 1. The van der Waals surface area contributed by atoms with Gasteiger partial charge in [0.2, 0.25) is 5.88 Å². The zero-order valence-corrected chi connectivity index (χ0v) is 18.4. The number of aromatic nitrogens is 1. The summed E-state index contributed by atoms with van der Waals surface area (Å²) < 4.78 is 23.8. The minimum absolute atomic E-state index is 0.0348. The molecule has 2 saturated carbocycles. The van der Waals surface area contributed by atoms with E-state index in [1.54, 1.807) is 26.4 Å². The van der Waals surface area contributed by atoms with E-state index >= 15 is 0 Å². The highest BCUT2D eigenvalue weighted by atomic mass is 19.1. The van der Waals surface area contributed by atoms with Crippen molar-refractivity contribution in [2.24, 2.45) is 5.92 Å². The fraction of sp³-hybridized carbons (Fsp3) is 0.520. The summed E-state index contributed by atoms with van der Waals surface area (Å²) in [5.74, 6) is 1.38. The van der Waals surface area contributed by atoms with Crippen LogP contribution in [0.2, 0.25) is 0 Å². The maximum atomic E-state index is 13.6. The topological polar surface area (TPSA) is 68.7 Å². The molecule has 4 rings (SSSR count). The molecule has 0 bridgehead atoms. The van der Waals surface area contributed by atoms with Crippen LogP contribution in [0.1, 0.15) is 74.5 Å². The fourth-order valence-electron chi connectivity index (χ4n) is 4.33. The summed E-state index contributed by atoms with van der Waals surface area (Å²) in [5.41, 5.74) is 1.68. The molecule has 1 aromatic carbocycles. The molecule has 31 heavy (non-hydrogen) atoms. The quantitative estimate of drug-likeness (QED) is 0.590. The highest BCUT2D eigenvalue weighted by Crippen LogP contribution is 2.44. The molecule has 2 aromatic rings. The highest BCUT2D eigenvalue weighted by Gasteiger charge is 2.34. The van der Waals surface area contributed by atoms with E-state index in [1.165, 1.54) is 25.3 Å². The lowest BCUT2D eigenvalue weighted by molar-refractivity contribution is -0.137. The molecule has 0 saturated heterocycles. The highest BCUT2D eigenvalue weighted by molar-refractivity contribution is 5.68. The molecular formula is C25H32FNO4. The van der Waals surface area contributed by atoms with Gasteiger partial charge in [-0.1, -0.05) is 25.3 Å². The first-order chi connectivity index (χ1) is 15.0. The van der Waals surface area contributed by atoms with Gasteiger partial charge in [-0.3, -0.25) is 4.79 Å². The Morgan fingerprint density at radius 2 is 1.84 bits per heavy atom. The molecule has 1 unspecified atom stereocenters. The Morgan fingerprint density at radius 1 is 1.10 bits per heavy atom. The first-order valence-corrected chi connectivity index (χ1v) is 11.1. The molecule has 1 N–H and O–H groups in total. The maximum Gasteiger partial charge on any atom is 0.304 e. The fourth-order valence-corrected chi connectivity index (χ4v) is 4.33. The number of ether oxygens (including phenoxy) is 2. The van der Waals surface area contributed by atoms with Gasteiger partial charge in [-0.2, -0.15) is 0 Å². The van der Waals surface area contributed by atoms with Crippen LogP contribution in [0.5, 0.6) is 11.6 Å². The first-order valence-electron chi connectivity index (χ1n) is 11.1. The number of pyridine rings is 1. The molecular weight excluding hydrogens is 397 g/mol. The van der Waals surface area contributed by atoms with E-state index in [2.05, 4.69) is 4.98 Å². The predicted molar refractivity (Wildman–Crippen MR) is 117 cm³/mol. The summed E-state index contributed by atoms with van der Waals surface area (Å²) >= 11 is 0. The van der Waals surface area contributed by atoms with E-state index in [-0.39, 0.29) is 18.2 Å². The maximum absolute atomic E-state index is 13.6. The van der Waals surface area contributed by atoms with Crippen LogP contribution in [-0.2, 0) is 4.79 Å². The predicted octanol–water partition coefficient (Wildman–Crippen LogP) is 5.94. The van der Waals surface area contributed by atoms with Gasteiger partial charge in [0.1, 0.15) is 11.6 Å². The molecule has 0 spiro atoms. The van der Waals surface area contributed by atoms with Crippen LogP contribution in [0.25, 0.3) is 0 Å². The number of carboxylic acids is 1. The average molecular weight is 430 g/mol. The summed E-state index contributed by atoms with van der Waals surface area (Å²) in [6.07, 6.45) is 8.34. The zero-order chi connectivity index (χ0) is 22.2. The van der Waals surface area contributed by atoms with Crippen molar-refractivity contribution in [2.45, 2.75) is 63.2 Å². The molecule has 1 heterocycles. The number of rotatable bonds is 7. The largest absolute Gasteiger partial charge is 0.497 e. The molecule has 0 radical (unpaired) electrons. The Bertz CT molecular complexity index is 862. The minimum Gasteiger partial charge on any atom is -0.497 e. The van der Waals surface area contributed by atoms with Crippen molar-refractivity contribution in [1.29, 1.82) is 0 Å². The average Bonchev–Trinajstić information content (AvgIpc) is 3.64. The Morgan fingerprint density at radius 3 is 2.45 bits per heavy atom. The van der Waals surface area contributed by atoms with Gasteiger partial charge in [-0.15, -0.1) is 0 Å². The van der Waals surface area contributed by atoms with Gasteiger partial charge >= 0.3 is 5.97 Å². The smallest absolute Gasteiger partial charge is 0.304 e. The summed E-state index contributed by atoms with van der Waals surface area (Å²) in [5, 5.41) is 8.89. The number of methoxy groups -OCH3 is 2. The number of halogens is 1. The molecule has 2 fully saturated rings. The van der Waals surface area contributed by atoms with Crippen LogP contribution in [0, 0.1) is 11.7 Å². The number of benzene rings is 1. The van der Waals surface area contributed by atoms with Crippen molar-refractivity contribution in [3.63, 3.8) is 0 Å². The van der Waals surface area contributed by atoms with Gasteiger partial charge in [0, 0.05) is 17.7 Å². The van der Waals surface area contributed by atoms with Crippen molar-refractivity contribution in [1.82, 2.24) is 4.98 Å². The third-order valence-electron chi connectivity index (χ3n) is 6.17. The van der Waals surface area contributed by atoms with Crippen molar-refractivity contribution < 1.29 is 23.8 Å². The van der Waals surface area contributed by atoms with Crippen molar-refractivity contribution in [3.8, 4) is 11.6 Å². The molecule has 2 aliphatic rings. The van der Waals surface area contributed by atoms with Gasteiger partial charge < -0.3 is 14.6 Å². The Labute approximate surface area is 183 Å². The molecule has 5 nitrogen and oxygen atoms in total. The Balaban J connectivity index is 0.000000176. The van der Waals surface area contributed by atoms with Crippen LogP contribution >= 0.6 is 0 Å². The lowest BCUT2D eigenvalue weighted by atomic mass is 9.84. The van der Waals surface area contributed by atoms with E-state index in [0.717, 1.165) is 42.7 Å². The van der Waals surface area contributed by atoms with Crippen LogP contribution in [-0.4, -0.2) is 30.3 Å². The van der Waals surface area contributed by atoms with E-state index in [4.69, 9.17) is 14.6 Å². The van der Waals surface area contributed by atoms with Gasteiger partial charge in [0.15, 0.2) is 0 Å². The summed E-state index contributed by atoms with van der Waals surface area (Å²) in [6.45, 7) is 0. The lowest BCUT2D eigenvalue weighted by Gasteiger charge is -2.22. The molecule has 1 atom stereocenters. The molecule has 1 aromatic heterocycles. The monoisotopic (exact) mass is 429 g/mol. The summed E-state index contributed by atoms with van der Waals surface area (Å²) in [7, 11) is 3.19. The molecule has 168 valence electrons. The van der Waals surface area contributed by atoms with Crippen LogP contribution in [0.4, 0.5) is 4.39 Å². The molecule has 2 aliphatic carbocycles. The number of carboxylic acid groups (broad SMARTS) is 1. The Kier molecular flexibility index (Phi) is 8.27. The summed E-state index contributed by atoms with van der Waals surface area (Å²) in [4.78, 5) is 15.1. The summed E-state index contributed by atoms with van der Waals surface area (Å²) in [6, 6.07) is 10.6. The standard InChI is InChI=1S/C13H17FO.C12H15NO3/c1-15-11-7-8-13(14)12(9-11)10-5-3-2-4-6-10;1-16-11-4-2-3-10(13-11)9(7-12(14)15)8-5-6-8/h7-10H,2-6H2,1H3;2-4,8-9H,5-7H2,1H3,(H,14,15). The van der Waals surface area contributed by atoms with Gasteiger partial charge in [-0.25, -0.2) is 9.37 Å². The van der Waals surface area contributed by atoms with E-state index in [1.807, 2.05) is 18.2 Å². The second-order valence-electron chi connectivity index (χ2n) is 8.37. The van der Waals surface area contributed by atoms with Gasteiger partial charge in [0.25, 0.3) is 0 Å². The van der Waals surface area contributed by atoms with E-state index in [0.29, 0.717) is 17.7 Å². The van der Waals surface area contributed by atoms with Gasteiger partial charge in [-0.05, 0) is 67.3 Å². The van der Waals surface area contributed by atoms with E-state index < -0.39 is 5.97 Å². The van der Waals surface area contributed by atoms with Crippen molar-refractivity contribution in [2.75, 3.05) is 14.2 Å². The molecule has 6 heteroatoms. The van der Waals surface area contributed by atoms with Crippen LogP contribution < -0.4 is 9.47 Å².